The number of nitrogens with one attached hydrogen (secondary N) is 5. The summed E-state index contributed by atoms with van der Waals surface area (Å²) in [5, 5.41) is 11.8. The molecule has 0 aliphatic carbocycles. The molecule has 0 bridgehead atoms. The van der Waals surface area contributed by atoms with Crippen molar-refractivity contribution in [3.63, 3.8) is 0 Å². The predicted molar refractivity (Wildman–Crippen MR) is 198 cm³/mol. The van der Waals surface area contributed by atoms with Gasteiger partial charge in [0.2, 0.25) is 11.8 Å². The number of quaternary nitrogens is 2. The quantitative estimate of drug-likeness (QED) is 0.0397. The molecule has 0 saturated carbocycles. The van der Waals surface area contributed by atoms with Gasteiger partial charge < -0.3 is 66.8 Å². The minimum atomic E-state index is -0.946. The monoisotopic (exact) mass is 790 g/mol. The van der Waals surface area contributed by atoms with E-state index in [1.54, 1.807) is 12.4 Å². The van der Waals surface area contributed by atoms with E-state index in [1.165, 1.54) is 11.9 Å². The van der Waals surface area contributed by atoms with E-state index in [-0.39, 0.29) is 55.5 Å². The lowest BCUT2D eigenvalue weighted by atomic mass is 9.97. The van der Waals surface area contributed by atoms with Crippen molar-refractivity contribution in [2.75, 3.05) is 26.7 Å². The topological polar surface area (TPSA) is 229 Å². The third-order valence-corrected chi connectivity index (χ3v) is 10.0. The molecule has 290 valence electrons. The summed E-state index contributed by atoms with van der Waals surface area (Å²) < 4.78 is 2.16. The minimum absolute atomic E-state index is 0. The summed E-state index contributed by atoms with van der Waals surface area (Å²) in [6.45, 7) is 1.46. The van der Waals surface area contributed by atoms with Gasteiger partial charge in [-0.2, -0.15) is 0 Å². The van der Waals surface area contributed by atoms with E-state index in [9.17, 15) is 24.0 Å². The second-order valence-corrected chi connectivity index (χ2v) is 13.4. The fraction of sp³-hybridized carbons (Fsp3) is 0.316. The van der Waals surface area contributed by atoms with E-state index in [0.717, 1.165) is 50.0 Å². The number of carbonyl (C=O) groups excluding carboxylic acids is 5. The van der Waals surface area contributed by atoms with E-state index in [0.29, 0.717) is 55.8 Å². The highest BCUT2D eigenvalue weighted by atomic mass is 35.5. The number of hydrogen-bond acceptors (Lipinski definition) is 6. The number of benzene rings is 3. The van der Waals surface area contributed by atoms with E-state index in [2.05, 4.69) is 46.9 Å². The summed E-state index contributed by atoms with van der Waals surface area (Å²) in [7, 11) is 1.52. The molecule has 3 aromatic heterocycles. The van der Waals surface area contributed by atoms with Gasteiger partial charge >= 0.3 is 0 Å². The SMILES string of the molecule is CN1C(=O)c2c(c3c4ccccc4n(CCCNC(=O)[C@H](CCCC[NH3+])NC(=O)[C@H](Cc4ncc[nH]4)NC(=O)C[NH3+])c3c3[nH]c4ccccc4c23)C1=O.[Cl-].[Cl-]. The van der Waals surface area contributed by atoms with Crippen molar-refractivity contribution in [2.24, 2.45) is 0 Å². The van der Waals surface area contributed by atoms with Gasteiger partial charge in [-0.15, -0.1) is 0 Å². The van der Waals surface area contributed by atoms with E-state index in [1.807, 2.05) is 48.5 Å². The molecule has 11 N–H and O–H groups in total. The molecule has 5 amide bonds. The molecule has 0 fully saturated rings. The van der Waals surface area contributed by atoms with Crippen molar-refractivity contribution in [1.29, 1.82) is 0 Å². The van der Waals surface area contributed by atoms with Gasteiger partial charge in [-0.1, -0.05) is 36.4 Å². The Morgan fingerprint density at radius 1 is 0.855 bits per heavy atom. The lowest BCUT2D eigenvalue weighted by Crippen LogP contribution is -3.00. The highest BCUT2D eigenvalue weighted by Gasteiger charge is 2.39. The first-order chi connectivity index (χ1) is 25.7. The van der Waals surface area contributed by atoms with Gasteiger partial charge in [0, 0.05) is 71.5 Å². The molecule has 0 saturated heterocycles. The Bertz CT molecular complexity index is 2390. The van der Waals surface area contributed by atoms with Crippen molar-refractivity contribution < 1.29 is 60.3 Å². The normalized spacial score (nSPS) is 13.5. The molecule has 1 aliphatic heterocycles. The number of unbranched alkanes of at least 4 members (excludes halogenated alkanes) is 1. The Hall–Kier alpha value is -5.48. The standard InChI is InChI=1S/C38H42N10O5.2ClH/c1-47-37(52)31-29-21-9-2-4-11-23(21)45-33(29)34-30(32(31)38(47)53)22-10-3-5-13-26(22)48(34)18-8-15-43-35(50)24(12-6-7-14-39)46-36(51)25(44-28(49)20-40)19-27-41-16-17-42-27;;/h2-5,9-11,13,16-17,24-25,45H,6-8,12,14-15,18-20,39-40H2,1H3,(H,41,42)(H,43,50)(H,44,49)(H,46,51);2*1H/t24-,25-;;/m0../s1. The number of hydrogen-bond donors (Lipinski definition) is 7. The number of aromatic nitrogens is 4. The first-order valence-electron chi connectivity index (χ1n) is 18.0. The van der Waals surface area contributed by atoms with E-state index < -0.39 is 23.9 Å². The van der Waals surface area contributed by atoms with Gasteiger partial charge in [0.15, 0.2) is 6.54 Å². The maximum absolute atomic E-state index is 13.7. The Morgan fingerprint density at radius 2 is 1.56 bits per heavy atom. The van der Waals surface area contributed by atoms with E-state index >= 15 is 0 Å². The molecule has 6 aromatic rings. The van der Waals surface area contributed by atoms with Crippen molar-refractivity contribution in [3.05, 3.63) is 77.9 Å². The minimum Gasteiger partial charge on any atom is -1.00 e. The van der Waals surface area contributed by atoms with Crippen LogP contribution < -0.4 is 52.2 Å². The maximum atomic E-state index is 13.7. The molecule has 0 spiro atoms. The van der Waals surface area contributed by atoms with Crippen molar-refractivity contribution in [1.82, 2.24) is 40.4 Å². The number of amides is 5. The summed E-state index contributed by atoms with van der Waals surface area (Å²) in [6, 6.07) is 13.8. The third kappa shape index (κ3) is 7.60. The Morgan fingerprint density at radius 3 is 2.27 bits per heavy atom. The number of aryl methyl sites for hydroxylation is 1. The van der Waals surface area contributed by atoms with Crippen molar-refractivity contribution in [2.45, 2.75) is 50.7 Å². The van der Waals surface area contributed by atoms with Crippen LogP contribution in [0.25, 0.3) is 43.6 Å². The summed E-state index contributed by atoms with van der Waals surface area (Å²) in [4.78, 5) is 78.5. The van der Waals surface area contributed by atoms with Crippen LogP contribution in [-0.2, 0) is 27.3 Å². The third-order valence-electron chi connectivity index (χ3n) is 10.0. The number of imidazole rings is 1. The maximum Gasteiger partial charge on any atom is 0.275 e. The number of nitrogens with zero attached hydrogens (tertiary/aromatic N) is 3. The van der Waals surface area contributed by atoms with Crippen LogP contribution in [0.15, 0.2) is 60.9 Å². The second kappa shape index (κ2) is 17.3. The summed E-state index contributed by atoms with van der Waals surface area (Å²) in [5.41, 5.74) is 11.7. The van der Waals surface area contributed by atoms with Crippen LogP contribution in [0.5, 0.6) is 0 Å². The lowest BCUT2D eigenvalue weighted by molar-refractivity contribution is -0.368. The molecule has 17 heteroatoms. The van der Waals surface area contributed by atoms with Gasteiger partial charge in [0.05, 0.1) is 28.7 Å². The van der Waals surface area contributed by atoms with Gasteiger partial charge in [0.25, 0.3) is 17.7 Å². The highest BCUT2D eigenvalue weighted by molar-refractivity contribution is 6.39. The smallest absolute Gasteiger partial charge is 0.275 e. The zero-order chi connectivity index (χ0) is 37.2. The fourth-order valence-electron chi connectivity index (χ4n) is 7.45. The van der Waals surface area contributed by atoms with Crippen LogP contribution in [-0.4, -0.2) is 92.7 Å². The molecular formula is C38H44Cl2N10O5. The van der Waals surface area contributed by atoms with Crippen molar-refractivity contribution >= 4 is 73.1 Å². The average molecular weight is 792 g/mol. The molecule has 3 aromatic carbocycles. The van der Waals surface area contributed by atoms with Crippen molar-refractivity contribution in [3.8, 4) is 0 Å². The number of rotatable bonds is 15. The van der Waals surface area contributed by atoms with Crippen LogP contribution >= 0.6 is 0 Å². The molecular weight excluding hydrogens is 747 g/mol. The number of imide groups is 1. The number of para-hydroxylation sites is 2. The number of fused-ring (bicyclic) bond motifs is 10. The number of aromatic amines is 2. The average Bonchev–Trinajstić information content (AvgIpc) is 3.94. The molecule has 55 heavy (non-hydrogen) atoms. The Balaban J connectivity index is 0.00000290. The lowest BCUT2D eigenvalue weighted by Gasteiger charge is -2.22. The molecule has 4 heterocycles. The molecule has 1 aliphatic rings. The first-order valence-corrected chi connectivity index (χ1v) is 18.0. The van der Waals surface area contributed by atoms with Crippen LogP contribution in [0.2, 0.25) is 0 Å². The molecule has 2 atom stereocenters. The first kappa shape index (κ1) is 40.7. The Labute approximate surface area is 328 Å². The fourth-order valence-corrected chi connectivity index (χ4v) is 7.45. The zero-order valence-electron chi connectivity index (χ0n) is 30.3. The molecule has 7 rings (SSSR count). The number of halogens is 2. The predicted octanol–water partition coefficient (Wildman–Crippen LogP) is -5.24. The van der Waals surface area contributed by atoms with Crippen LogP contribution in [0.3, 0.4) is 0 Å². The number of carbonyl (C=O) groups is 5. The van der Waals surface area contributed by atoms with E-state index in [4.69, 9.17) is 0 Å². The van der Waals surface area contributed by atoms with Gasteiger partial charge in [-0.25, -0.2) is 4.98 Å². The Kier molecular flexibility index (Phi) is 12.8. The molecule has 0 radical (unpaired) electrons. The van der Waals surface area contributed by atoms with Gasteiger partial charge in [-0.05, 0) is 37.8 Å². The summed E-state index contributed by atoms with van der Waals surface area (Å²) in [6.07, 6.45) is 5.73. The molecule has 15 nitrogen and oxygen atoms in total. The van der Waals surface area contributed by atoms with Crippen LogP contribution in [0.1, 0.15) is 52.2 Å². The largest absolute Gasteiger partial charge is 1.00 e. The zero-order valence-corrected chi connectivity index (χ0v) is 31.9. The van der Waals surface area contributed by atoms with Gasteiger partial charge in [0.1, 0.15) is 17.9 Å². The van der Waals surface area contributed by atoms with Crippen LogP contribution in [0, 0.1) is 0 Å². The number of H-pyrrole nitrogens is 2. The van der Waals surface area contributed by atoms with Crippen LogP contribution in [0.4, 0.5) is 0 Å². The second-order valence-electron chi connectivity index (χ2n) is 13.4. The summed E-state index contributed by atoms with van der Waals surface area (Å²) >= 11 is 0. The van der Waals surface area contributed by atoms with Gasteiger partial charge in [-0.3, -0.25) is 28.9 Å². The summed E-state index contributed by atoms with van der Waals surface area (Å²) in [5.74, 6) is -1.34. The highest BCUT2D eigenvalue weighted by Crippen LogP contribution is 2.44. The molecule has 0 unspecified atom stereocenters.